The third kappa shape index (κ3) is 4.69. The average molecular weight is 523 g/mol. The number of nitrogens with zero attached hydrogens (tertiary/aromatic N) is 4. The van der Waals surface area contributed by atoms with E-state index >= 15 is 0 Å². The molecule has 2 aliphatic rings. The minimum Gasteiger partial charge on any atom is -0.355 e. The van der Waals surface area contributed by atoms with Gasteiger partial charge in [0.15, 0.2) is 0 Å². The number of aromatic nitrogens is 2. The first-order valence-corrected chi connectivity index (χ1v) is 13.2. The first-order chi connectivity index (χ1) is 17.2. The fraction of sp³-hybridized carbons (Fsp3) is 0.333. The van der Waals surface area contributed by atoms with Gasteiger partial charge < -0.3 is 4.90 Å². The molecule has 5 rings (SSSR count). The average Bonchev–Trinajstić information content (AvgIpc) is 3.09. The number of hydrogen-bond donors (Lipinski definition) is 0. The van der Waals surface area contributed by atoms with Gasteiger partial charge in [-0.25, -0.2) is 9.37 Å². The molecular formula is C27H27FN4O2S2. The molecule has 0 bridgehead atoms. The summed E-state index contributed by atoms with van der Waals surface area (Å²) in [5, 5.41) is 0. The number of thiocarbonyl (C=S) groups is 1. The lowest BCUT2D eigenvalue weighted by Gasteiger charge is -2.36. The van der Waals surface area contributed by atoms with E-state index in [9.17, 15) is 14.0 Å². The Balaban J connectivity index is 1.58. The minimum absolute atomic E-state index is 0.214. The van der Waals surface area contributed by atoms with E-state index in [2.05, 4.69) is 18.7 Å². The van der Waals surface area contributed by atoms with E-state index in [1.807, 2.05) is 19.1 Å². The number of aryl methyl sites for hydroxylation is 1. The Kier molecular flexibility index (Phi) is 6.70. The lowest BCUT2D eigenvalue weighted by Crippen LogP contribution is -2.40. The van der Waals surface area contributed by atoms with Crippen LogP contribution in [0.5, 0.6) is 0 Å². The Morgan fingerprint density at radius 2 is 1.83 bits per heavy atom. The first-order valence-electron chi connectivity index (χ1n) is 12.0. The Bertz CT molecular complexity index is 1440. The van der Waals surface area contributed by atoms with Crippen LogP contribution < -0.4 is 10.5 Å². The molecule has 0 saturated carbocycles. The van der Waals surface area contributed by atoms with Crippen molar-refractivity contribution in [3.05, 3.63) is 80.4 Å². The third-order valence-corrected chi connectivity index (χ3v) is 8.01. The van der Waals surface area contributed by atoms with Crippen molar-refractivity contribution in [2.24, 2.45) is 11.8 Å². The van der Waals surface area contributed by atoms with Crippen LogP contribution in [0.2, 0.25) is 0 Å². The molecule has 1 aromatic carbocycles. The molecule has 36 heavy (non-hydrogen) atoms. The summed E-state index contributed by atoms with van der Waals surface area (Å²) in [4.78, 5) is 36.1. The molecule has 2 fully saturated rings. The van der Waals surface area contributed by atoms with Crippen molar-refractivity contribution < 1.29 is 9.18 Å². The van der Waals surface area contributed by atoms with Gasteiger partial charge in [-0.1, -0.05) is 56.0 Å². The number of halogens is 1. The summed E-state index contributed by atoms with van der Waals surface area (Å²) in [5.74, 6) is 0.934. The summed E-state index contributed by atoms with van der Waals surface area (Å²) in [6.07, 6.45) is 4.48. The Hall–Kier alpha value is -3.04. The standard InChI is InChI=1S/C27H27FN4O2S2/c1-16-11-17(2)14-30(13-16)24-21(25(33)31-10-4-5-18(3)23(31)29-24)12-22-26(34)32(27(35)36-22)15-19-6-8-20(28)9-7-19/h4-10,12,16-17H,11,13-15H2,1-3H3. The van der Waals surface area contributed by atoms with Crippen LogP contribution in [-0.2, 0) is 11.3 Å². The van der Waals surface area contributed by atoms with Gasteiger partial charge in [0.25, 0.3) is 11.5 Å². The molecule has 2 atom stereocenters. The predicted molar refractivity (Wildman–Crippen MR) is 146 cm³/mol. The van der Waals surface area contributed by atoms with E-state index in [4.69, 9.17) is 17.2 Å². The van der Waals surface area contributed by atoms with Crippen LogP contribution in [0.25, 0.3) is 11.7 Å². The van der Waals surface area contributed by atoms with Gasteiger partial charge in [-0.15, -0.1) is 0 Å². The molecule has 3 aromatic rings. The number of rotatable bonds is 4. The van der Waals surface area contributed by atoms with Gasteiger partial charge in [-0.2, -0.15) is 0 Å². The van der Waals surface area contributed by atoms with Crippen LogP contribution in [0, 0.1) is 24.6 Å². The number of fused-ring (bicyclic) bond motifs is 1. The summed E-state index contributed by atoms with van der Waals surface area (Å²) in [7, 11) is 0. The third-order valence-electron chi connectivity index (χ3n) is 6.64. The summed E-state index contributed by atoms with van der Waals surface area (Å²) >= 11 is 6.67. The number of benzene rings is 1. The van der Waals surface area contributed by atoms with E-state index in [0.29, 0.717) is 38.1 Å². The number of pyridine rings is 1. The normalized spacial score (nSPS) is 21.7. The summed E-state index contributed by atoms with van der Waals surface area (Å²) < 4.78 is 15.3. The number of hydrogen-bond acceptors (Lipinski definition) is 6. The number of thioether (sulfide) groups is 1. The van der Waals surface area contributed by atoms with Crippen molar-refractivity contribution in [3.8, 4) is 0 Å². The van der Waals surface area contributed by atoms with Crippen LogP contribution in [0.4, 0.5) is 10.2 Å². The van der Waals surface area contributed by atoms with Crippen LogP contribution in [0.15, 0.2) is 52.3 Å². The topological polar surface area (TPSA) is 57.9 Å². The van der Waals surface area contributed by atoms with Gasteiger partial charge in [0.05, 0.1) is 17.0 Å². The van der Waals surface area contributed by atoms with E-state index < -0.39 is 0 Å². The quantitative estimate of drug-likeness (QED) is 0.354. The maximum absolute atomic E-state index is 13.7. The second-order valence-electron chi connectivity index (χ2n) is 9.78. The first kappa shape index (κ1) is 24.6. The van der Waals surface area contributed by atoms with Crippen LogP contribution >= 0.6 is 24.0 Å². The maximum atomic E-state index is 13.7. The monoisotopic (exact) mass is 522 g/mol. The SMILES string of the molecule is Cc1cccn2c(=O)c(C=C3SC(=S)N(Cc4ccc(F)cc4)C3=O)c(N3CC(C)CC(C)C3)nc12. The highest BCUT2D eigenvalue weighted by Crippen LogP contribution is 2.35. The molecule has 9 heteroatoms. The fourth-order valence-corrected chi connectivity index (χ4v) is 6.28. The maximum Gasteiger partial charge on any atom is 0.267 e. The molecule has 4 heterocycles. The van der Waals surface area contributed by atoms with Crippen molar-refractivity contribution in [1.82, 2.24) is 14.3 Å². The molecule has 0 spiro atoms. The smallest absolute Gasteiger partial charge is 0.267 e. The molecule has 1 amide bonds. The van der Waals surface area contributed by atoms with Gasteiger partial charge in [-0.3, -0.25) is 18.9 Å². The van der Waals surface area contributed by atoms with Gasteiger partial charge in [-0.05, 0) is 60.6 Å². The van der Waals surface area contributed by atoms with Gasteiger partial charge in [0, 0.05) is 19.3 Å². The van der Waals surface area contributed by atoms with Crippen LogP contribution in [-0.4, -0.2) is 37.6 Å². The zero-order valence-electron chi connectivity index (χ0n) is 20.4. The highest BCUT2D eigenvalue weighted by Gasteiger charge is 2.33. The number of amides is 1. The van der Waals surface area contributed by atoms with Crippen molar-refractivity contribution in [2.45, 2.75) is 33.7 Å². The zero-order chi connectivity index (χ0) is 25.6. The zero-order valence-corrected chi connectivity index (χ0v) is 22.0. The second-order valence-corrected chi connectivity index (χ2v) is 11.5. The molecule has 2 aliphatic heterocycles. The summed E-state index contributed by atoms with van der Waals surface area (Å²) in [6, 6.07) is 9.75. The second kappa shape index (κ2) is 9.78. The van der Waals surface area contributed by atoms with E-state index in [0.717, 1.165) is 30.6 Å². The number of carbonyl (C=O) groups excluding carboxylic acids is 1. The molecule has 2 unspecified atom stereocenters. The van der Waals surface area contributed by atoms with E-state index in [1.165, 1.54) is 28.8 Å². The molecular weight excluding hydrogens is 495 g/mol. The molecule has 186 valence electrons. The minimum atomic E-state index is -0.336. The highest BCUT2D eigenvalue weighted by atomic mass is 32.2. The molecule has 2 saturated heterocycles. The Morgan fingerprint density at radius 1 is 1.14 bits per heavy atom. The van der Waals surface area contributed by atoms with Crippen molar-refractivity contribution in [3.63, 3.8) is 0 Å². The Morgan fingerprint density at radius 3 is 2.53 bits per heavy atom. The molecule has 6 nitrogen and oxygen atoms in total. The summed E-state index contributed by atoms with van der Waals surface area (Å²) in [5.41, 5.74) is 2.47. The van der Waals surface area contributed by atoms with Crippen molar-refractivity contribution in [2.75, 3.05) is 18.0 Å². The fourth-order valence-electron chi connectivity index (χ4n) is 5.04. The molecule has 0 N–H and O–H groups in total. The van der Waals surface area contributed by atoms with Crippen molar-refractivity contribution in [1.29, 1.82) is 0 Å². The van der Waals surface area contributed by atoms with Gasteiger partial charge >= 0.3 is 0 Å². The Labute approximate surface area is 218 Å². The molecule has 0 radical (unpaired) electrons. The van der Waals surface area contributed by atoms with E-state index in [1.54, 1.807) is 28.8 Å². The predicted octanol–water partition coefficient (Wildman–Crippen LogP) is 5.03. The van der Waals surface area contributed by atoms with Gasteiger partial charge in [0.1, 0.15) is 21.6 Å². The summed E-state index contributed by atoms with van der Waals surface area (Å²) in [6.45, 7) is 8.19. The lowest BCUT2D eigenvalue weighted by molar-refractivity contribution is -0.122. The van der Waals surface area contributed by atoms with Crippen LogP contribution in [0.3, 0.4) is 0 Å². The number of piperidine rings is 1. The molecule has 2 aromatic heterocycles. The van der Waals surface area contributed by atoms with Gasteiger partial charge in [0.2, 0.25) is 0 Å². The van der Waals surface area contributed by atoms with E-state index in [-0.39, 0.29) is 23.8 Å². The van der Waals surface area contributed by atoms with Crippen LogP contribution in [0.1, 0.15) is 37.0 Å². The largest absolute Gasteiger partial charge is 0.355 e. The highest BCUT2D eigenvalue weighted by molar-refractivity contribution is 8.26. The lowest BCUT2D eigenvalue weighted by atomic mass is 9.91. The van der Waals surface area contributed by atoms with Crippen molar-refractivity contribution >= 4 is 51.7 Å². The number of carbonyl (C=O) groups is 1. The molecule has 0 aliphatic carbocycles. The number of anilines is 1.